The fourth-order valence-electron chi connectivity index (χ4n) is 2.39. The van der Waals surface area contributed by atoms with Crippen LogP contribution in [0, 0.1) is 0 Å². The molecular formula is C17H16N2O2. The van der Waals surface area contributed by atoms with Crippen LogP contribution in [0.3, 0.4) is 0 Å². The second-order valence-corrected chi connectivity index (χ2v) is 5.09. The molecule has 0 radical (unpaired) electrons. The maximum atomic E-state index is 10.6. The molecule has 0 amide bonds. The third-order valence-corrected chi connectivity index (χ3v) is 3.44. The Kier molecular flexibility index (Phi) is 3.69. The van der Waals surface area contributed by atoms with Crippen molar-refractivity contribution in [3.63, 3.8) is 0 Å². The van der Waals surface area contributed by atoms with Crippen LogP contribution in [-0.2, 0) is 17.6 Å². The van der Waals surface area contributed by atoms with Gasteiger partial charge in [-0.1, -0.05) is 36.4 Å². The van der Waals surface area contributed by atoms with Gasteiger partial charge in [-0.25, -0.2) is 4.98 Å². The predicted molar refractivity (Wildman–Crippen MR) is 81.3 cm³/mol. The summed E-state index contributed by atoms with van der Waals surface area (Å²) in [5.74, 6) is 0.149. The minimum Gasteiger partial charge on any atom is -0.481 e. The maximum absolute atomic E-state index is 10.6. The summed E-state index contributed by atoms with van der Waals surface area (Å²) >= 11 is 0. The van der Waals surface area contributed by atoms with Gasteiger partial charge in [0.05, 0.1) is 11.0 Å². The van der Waals surface area contributed by atoms with E-state index in [4.69, 9.17) is 5.11 Å². The van der Waals surface area contributed by atoms with Crippen LogP contribution in [0.2, 0.25) is 0 Å². The standard InChI is InChI=1S/C17H16N2O2/c20-17(21)9-7-13-6-8-14-15(10-13)19-16(18-14)11-12-4-2-1-3-5-12/h1-6,8,10H,7,9,11H2,(H,18,19)(H,20,21). The molecule has 0 atom stereocenters. The molecule has 21 heavy (non-hydrogen) atoms. The number of H-pyrrole nitrogens is 1. The van der Waals surface area contributed by atoms with Gasteiger partial charge in [-0.3, -0.25) is 4.79 Å². The Balaban J connectivity index is 1.81. The topological polar surface area (TPSA) is 66.0 Å². The Morgan fingerprint density at radius 2 is 1.90 bits per heavy atom. The van der Waals surface area contributed by atoms with Gasteiger partial charge in [0.15, 0.2) is 0 Å². The SMILES string of the molecule is O=C(O)CCc1ccc2nc(Cc3ccccc3)[nH]c2c1. The third kappa shape index (κ3) is 3.28. The average molecular weight is 280 g/mol. The van der Waals surface area contributed by atoms with Gasteiger partial charge < -0.3 is 10.1 Å². The number of aliphatic carboxylic acids is 1. The van der Waals surface area contributed by atoms with Crippen LogP contribution in [-0.4, -0.2) is 21.0 Å². The number of carboxylic acids is 1. The number of aromatic nitrogens is 2. The number of benzene rings is 2. The van der Waals surface area contributed by atoms with Gasteiger partial charge in [0.2, 0.25) is 0 Å². The first-order valence-electron chi connectivity index (χ1n) is 6.94. The monoisotopic (exact) mass is 280 g/mol. The second-order valence-electron chi connectivity index (χ2n) is 5.09. The molecule has 0 saturated carbocycles. The highest BCUT2D eigenvalue weighted by molar-refractivity contribution is 5.76. The molecule has 0 bridgehead atoms. The first-order valence-corrected chi connectivity index (χ1v) is 6.94. The van der Waals surface area contributed by atoms with Gasteiger partial charge in [-0.2, -0.15) is 0 Å². The van der Waals surface area contributed by atoms with Gasteiger partial charge in [-0.15, -0.1) is 0 Å². The largest absolute Gasteiger partial charge is 0.481 e. The lowest BCUT2D eigenvalue weighted by Crippen LogP contribution is -1.97. The van der Waals surface area contributed by atoms with E-state index in [9.17, 15) is 4.79 Å². The molecule has 2 aromatic carbocycles. The minimum atomic E-state index is -0.774. The van der Waals surface area contributed by atoms with Crippen LogP contribution in [0.1, 0.15) is 23.4 Å². The van der Waals surface area contributed by atoms with Crippen molar-refractivity contribution < 1.29 is 9.90 Å². The highest BCUT2D eigenvalue weighted by Gasteiger charge is 2.06. The Hall–Kier alpha value is -2.62. The summed E-state index contributed by atoms with van der Waals surface area (Å²) in [6.45, 7) is 0. The van der Waals surface area contributed by atoms with Gasteiger partial charge >= 0.3 is 5.97 Å². The Labute approximate surface area is 122 Å². The third-order valence-electron chi connectivity index (χ3n) is 3.44. The van der Waals surface area contributed by atoms with E-state index in [1.54, 1.807) is 0 Å². The van der Waals surface area contributed by atoms with Crippen molar-refractivity contribution in [2.45, 2.75) is 19.3 Å². The molecule has 2 N–H and O–H groups in total. The van der Waals surface area contributed by atoms with Crippen molar-refractivity contribution in [3.8, 4) is 0 Å². The van der Waals surface area contributed by atoms with Crippen molar-refractivity contribution in [3.05, 3.63) is 65.5 Å². The first-order chi connectivity index (χ1) is 10.2. The Morgan fingerprint density at radius 3 is 2.67 bits per heavy atom. The molecule has 3 aromatic rings. The highest BCUT2D eigenvalue weighted by atomic mass is 16.4. The van der Waals surface area contributed by atoms with E-state index in [2.05, 4.69) is 22.1 Å². The molecule has 0 aliphatic rings. The van der Waals surface area contributed by atoms with Gasteiger partial charge in [0.1, 0.15) is 5.82 Å². The van der Waals surface area contributed by atoms with E-state index < -0.39 is 5.97 Å². The van der Waals surface area contributed by atoms with E-state index >= 15 is 0 Å². The molecule has 4 nitrogen and oxygen atoms in total. The summed E-state index contributed by atoms with van der Waals surface area (Å²) in [6.07, 6.45) is 1.45. The number of nitrogens with zero attached hydrogens (tertiary/aromatic N) is 1. The lowest BCUT2D eigenvalue weighted by Gasteiger charge is -1.98. The molecule has 106 valence electrons. The number of hydrogen-bond donors (Lipinski definition) is 2. The van der Waals surface area contributed by atoms with Crippen LogP contribution >= 0.6 is 0 Å². The fraction of sp³-hybridized carbons (Fsp3) is 0.176. The fourth-order valence-corrected chi connectivity index (χ4v) is 2.39. The number of carboxylic acid groups (broad SMARTS) is 1. The lowest BCUT2D eigenvalue weighted by molar-refractivity contribution is -0.136. The molecule has 1 aromatic heterocycles. The van der Waals surface area contributed by atoms with Crippen LogP contribution in [0.4, 0.5) is 0 Å². The van der Waals surface area contributed by atoms with Crippen molar-refractivity contribution in [2.75, 3.05) is 0 Å². The van der Waals surface area contributed by atoms with E-state index in [-0.39, 0.29) is 6.42 Å². The number of hydrogen-bond acceptors (Lipinski definition) is 2. The summed E-state index contributed by atoms with van der Waals surface area (Å²) in [4.78, 5) is 18.5. The molecule has 3 rings (SSSR count). The summed E-state index contributed by atoms with van der Waals surface area (Å²) < 4.78 is 0. The average Bonchev–Trinajstić information content (AvgIpc) is 2.87. The Bertz CT molecular complexity index is 763. The van der Waals surface area contributed by atoms with Gasteiger partial charge in [-0.05, 0) is 29.7 Å². The highest BCUT2D eigenvalue weighted by Crippen LogP contribution is 2.16. The zero-order valence-corrected chi connectivity index (χ0v) is 11.5. The van der Waals surface area contributed by atoms with E-state index in [1.807, 2.05) is 36.4 Å². The van der Waals surface area contributed by atoms with E-state index in [0.717, 1.165) is 28.8 Å². The zero-order valence-electron chi connectivity index (χ0n) is 11.5. The van der Waals surface area contributed by atoms with Crippen LogP contribution in [0.15, 0.2) is 48.5 Å². The molecule has 0 spiro atoms. The molecule has 0 saturated heterocycles. The summed E-state index contributed by atoms with van der Waals surface area (Å²) in [5, 5.41) is 8.74. The number of rotatable bonds is 5. The van der Waals surface area contributed by atoms with Crippen LogP contribution in [0.5, 0.6) is 0 Å². The molecule has 0 fully saturated rings. The van der Waals surface area contributed by atoms with Crippen molar-refractivity contribution in [1.29, 1.82) is 0 Å². The Morgan fingerprint density at radius 1 is 1.10 bits per heavy atom. The van der Waals surface area contributed by atoms with E-state index in [0.29, 0.717) is 6.42 Å². The van der Waals surface area contributed by atoms with Crippen LogP contribution < -0.4 is 0 Å². The molecule has 0 aliphatic heterocycles. The van der Waals surface area contributed by atoms with Crippen LogP contribution in [0.25, 0.3) is 11.0 Å². The van der Waals surface area contributed by atoms with E-state index in [1.165, 1.54) is 5.56 Å². The lowest BCUT2D eigenvalue weighted by atomic mass is 10.1. The number of aromatic amines is 1. The summed E-state index contributed by atoms with van der Waals surface area (Å²) in [5.41, 5.74) is 4.10. The smallest absolute Gasteiger partial charge is 0.303 e. The predicted octanol–water partition coefficient (Wildman–Crippen LogP) is 3.17. The normalized spacial score (nSPS) is 10.9. The first kappa shape index (κ1) is 13.4. The summed E-state index contributed by atoms with van der Waals surface area (Å²) in [6, 6.07) is 16.0. The minimum absolute atomic E-state index is 0.149. The molecule has 1 heterocycles. The zero-order chi connectivity index (χ0) is 14.7. The number of fused-ring (bicyclic) bond motifs is 1. The quantitative estimate of drug-likeness (QED) is 0.754. The molecular weight excluding hydrogens is 264 g/mol. The maximum Gasteiger partial charge on any atom is 0.303 e. The summed E-state index contributed by atoms with van der Waals surface area (Å²) in [7, 11) is 0. The van der Waals surface area contributed by atoms with Crippen molar-refractivity contribution in [1.82, 2.24) is 9.97 Å². The second kappa shape index (κ2) is 5.79. The number of nitrogens with one attached hydrogen (secondary N) is 1. The number of imidazole rings is 1. The molecule has 4 heteroatoms. The number of aryl methyl sites for hydroxylation is 1. The van der Waals surface area contributed by atoms with Crippen molar-refractivity contribution >= 4 is 17.0 Å². The van der Waals surface area contributed by atoms with Gasteiger partial charge in [0, 0.05) is 12.8 Å². The number of carbonyl (C=O) groups is 1. The molecule has 0 unspecified atom stereocenters. The van der Waals surface area contributed by atoms with Crippen molar-refractivity contribution in [2.24, 2.45) is 0 Å². The van der Waals surface area contributed by atoms with Gasteiger partial charge in [0.25, 0.3) is 0 Å². The molecule has 0 aliphatic carbocycles.